The molecule has 2 heterocycles. The van der Waals surface area contributed by atoms with E-state index >= 15 is 0 Å². The molecular weight excluding hydrogens is 478 g/mol. The molecule has 2 aromatic carbocycles. The lowest BCUT2D eigenvalue weighted by atomic mass is 9.81. The highest BCUT2D eigenvalue weighted by atomic mass is 35.5. The molecule has 0 radical (unpaired) electrons. The van der Waals surface area contributed by atoms with E-state index in [4.69, 9.17) is 11.6 Å². The van der Waals surface area contributed by atoms with Crippen LogP contribution in [-0.4, -0.2) is 28.5 Å². The predicted molar refractivity (Wildman–Crippen MR) is 133 cm³/mol. The summed E-state index contributed by atoms with van der Waals surface area (Å²) in [4.78, 5) is 44.1. The molecule has 1 N–H and O–H groups in total. The fourth-order valence-corrected chi connectivity index (χ4v) is 6.59. The Kier molecular flexibility index (Phi) is 6.16. The number of anilines is 2. The van der Waals surface area contributed by atoms with Crippen LogP contribution in [0.4, 0.5) is 11.4 Å². The number of thioether (sulfide) groups is 1. The number of hydrogen-bond donors (Lipinski definition) is 1. The maximum Gasteiger partial charge on any atom is 0.237 e. The molecule has 1 aliphatic carbocycles. The van der Waals surface area contributed by atoms with E-state index in [0.717, 1.165) is 45.8 Å². The van der Waals surface area contributed by atoms with Crippen LogP contribution in [0.15, 0.2) is 40.7 Å². The molecule has 2 fully saturated rings. The monoisotopic (exact) mass is 499 g/mol. The average Bonchev–Trinajstić information content (AvgIpc) is 3.33. The number of carbonyl (C=O) groups excluding carboxylic acids is 3. The number of benzene rings is 2. The topological polar surface area (TPSA) is 79.4 Å². The molecule has 0 spiro atoms. The van der Waals surface area contributed by atoms with Gasteiger partial charge >= 0.3 is 0 Å². The lowest BCUT2D eigenvalue weighted by molar-refractivity contribution is -0.122. The third kappa shape index (κ3) is 4.39. The fraction of sp³-hybridized carbons (Fsp3) is 0.333. The van der Waals surface area contributed by atoms with Gasteiger partial charge in [0.2, 0.25) is 17.7 Å². The van der Waals surface area contributed by atoms with Gasteiger partial charge in [0.05, 0.1) is 33.5 Å². The van der Waals surface area contributed by atoms with Crippen molar-refractivity contribution in [2.75, 3.05) is 16.0 Å². The molecule has 1 saturated heterocycles. The minimum Gasteiger partial charge on any atom is -0.325 e. The second-order valence-electron chi connectivity index (χ2n) is 8.44. The number of nitrogens with one attached hydrogen (secondary N) is 1. The third-order valence-electron chi connectivity index (χ3n) is 6.23. The third-order valence-corrected chi connectivity index (χ3v) is 8.80. The van der Waals surface area contributed by atoms with Gasteiger partial charge in [0.15, 0.2) is 4.34 Å². The molecule has 33 heavy (non-hydrogen) atoms. The molecule has 3 aromatic rings. The molecule has 170 valence electrons. The van der Waals surface area contributed by atoms with Crippen molar-refractivity contribution in [3.8, 4) is 0 Å². The second-order valence-corrected chi connectivity index (χ2v) is 11.1. The summed E-state index contributed by atoms with van der Waals surface area (Å²) in [5.41, 5.74) is 3.01. The normalized spacial score (nSPS) is 20.4. The largest absolute Gasteiger partial charge is 0.325 e. The number of fused-ring (bicyclic) bond motifs is 2. The van der Waals surface area contributed by atoms with Gasteiger partial charge in [-0.25, -0.2) is 4.98 Å². The molecule has 2 aliphatic rings. The van der Waals surface area contributed by atoms with E-state index in [9.17, 15) is 14.4 Å². The molecule has 2 atom stereocenters. The van der Waals surface area contributed by atoms with E-state index in [1.165, 1.54) is 28.0 Å². The van der Waals surface area contributed by atoms with E-state index in [-0.39, 0.29) is 35.3 Å². The van der Waals surface area contributed by atoms with Crippen LogP contribution in [0.25, 0.3) is 10.2 Å². The molecule has 1 aliphatic heterocycles. The number of nitrogens with zero attached hydrogens (tertiary/aromatic N) is 2. The maximum absolute atomic E-state index is 12.9. The molecule has 3 amide bonds. The molecule has 9 heteroatoms. The summed E-state index contributed by atoms with van der Waals surface area (Å²) in [6, 6.07) is 10.9. The van der Waals surface area contributed by atoms with E-state index in [1.54, 1.807) is 12.1 Å². The van der Waals surface area contributed by atoms with Gasteiger partial charge in [0, 0.05) is 10.7 Å². The highest BCUT2D eigenvalue weighted by molar-refractivity contribution is 8.01. The van der Waals surface area contributed by atoms with Crippen LogP contribution in [0.5, 0.6) is 0 Å². The van der Waals surface area contributed by atoms with Crippen molar-refractivity contribution in [3.63, 3.8) is 0 Å². The lowest BCUT2D eigenvalue weighted by Crippen LogP contribution is -2.30. The van der Waals surface area contributed by atoms with Crippen molar-refractivity contribution in [2.45, 2.75) is 36.9 Å². The van der Waals surface area contributed by atoms with Gasteiger partial charge in [-0.1, -0.05) is 42.3 Å². The second kappa shape index (κ2) is 9.08. The van der Waals surface area contributed by atoms with E-state index < -0.39 is 0 Å². The van der Waals surface area contributed by atoms with Crippen LogP contribution < -0.4 is 10.2 Å². The van der Waals surface area contributed by atoms with Crippen LogP contribution >= 0.6 is 34.7 Å². The Morgan fingerprint density at radius 3 is 2.58 bits per heavy atom. The van der Waals surface area contributed by atoms with Crippen LogP contribution in [-0.2, 0) is 14.4 Å². The summed E-state index contributed by atoms with van der Waals surface area (Å²) in [6.45, 7) is 1.91. The minimum absolute atomic E-state index is 0.0731. The Labute approximate surface area is 204 Å². The van der Waals surface area contributed by atoms with Crippen molar-refractivity contribution in [2.24, 2.45) is 11.8 Å². The van der Waals surface area contributed by atoms with Crippen LogP contribution in [0.1, 0.15) is 31.2 Å². The van der Waals surface area contributed by atoms with Gasteiger partial charge in [0.1, 0.15) is 0 Å². The maximum atomic E-state index is 12.9. The SMILES string of the molecule is Cc1ccc(NC(=O)CSc2nc3ccc(N4C(=O)[C@H]5CCCC[C@@H]5C4=O)cc3s2)cc1Cl. The van der Waals surface area contributed by atoms with Crippen molar-refractivity contribution >= 4 is 74.0 Å². The Morgan fingerprint density at radius 1 is 1.15 bits per heavy atom. The molecule has 6 nitrogen and oxygen atoms in total. The zero-order chi connectivity index (χ0) is 23.1. The summed E-state index contributed by atoms with van der Waals surface area (Å²) >= 11 is 8.92. The number of thiazole rings is 1. The summed E-state index contributed by atoms with van der Waals surface area (Å²) in [6.07, 6.45) is 3.61. The van der Waals surface area contributed by atoms with Gasteiger partial charge in [-0.3, -0.25) is 19.3 Å². The summed E-state index contributed by atoms with van der Waals surface area (Å²) < 4.78 is 1.64. The predicted octanol–water partition coefficient (Wildman–Crippen LogP) is 5.67. The first kappa shape index (κ1) is 22.4. The molecule has 0 unspecified atom stereocenters. The zero-order valence-electron chi connectivity index (χ0n) is 18.0. The van der Waals surface area contributed by atoms with Crippen molar-refractivity contribution < 1.29 is 14.4 Å². The molecule has 0 bridgehead atoms. The van der Waals surface area contributed by atoms with Gasteiger partial charge < -0.3 is 5.32 Å². The fourth-order valence-electron chi connectivity index (χ4n) is 4.50. The van der Waals surface area contributed by atoms with Gasteiger partial charge in [-0.05, 0) is 55.7 Å². The number of aryl methyl sites for hydroxylation is 1. The first-order valence-corrected chi connectivity index (χ1v) is 13.1. The highest BCUT2D eigenvalue weighted by Crippen LogP contribution is 2.41. The standard InChI is InChI=1S/C24H22ClN3O3S2/c1-13-6-7-14(10-18(13)25)26-21(29)12-32-24-27-19-9-8-15(11-20(19)33-24)28-22(30)16-4-2-3-5-17(16)23(28)31/h6-11,16-17H,2-5,12H2,1H3,(H,26,29)/t16-,17-/m0/s1. The number of aromatic nitrogens is 1. The van der Waals surface area contributed by atoms with E-state index in [1.807, 2.05) is 31.2 Å². The lowest BCUT2D eigenvalue weighted by Gasteiger charge is -2.19. The number of imide groups is 1. The Hall–Kier alpha value is -2.42. The number of halogens is 1. The smallest absolute Gasteiger partial charge is 0.237 e. The zero-order valence-corrected chi connectivity index (χ0v) is 20.4. The van der Waals surface area contributed by atoms with Crippen LogP contribution in [0, 0.1) is 18.8 Å². The van der Waals surface area contributed by atoms with Gasteiger partial charge in [0.25, 0.3) is 0 Å². The first-order chi connectivity index (χ1) is 15.9. The van der Waals surface area contributed by atoms with Crippen LogP contribution in [0.3, 0.4) is 0 Å². The number of hydrogen-bond acceptors (Lipinski definition) is 6. The molecule has 5 rings (SSSR count). The quantitative estimate of drug-likeness (QED) is 0.361. The van der Waals surface area contributed by atoms with E-state index in [0.29, 0.717) is 16.4 Å². The molecular formula is C24H22ClN3O3S2. The number of carbonyl (C=O) groups is 3. The minimum atomic E-state index is -0.170. The molecule has 1 saturated carbocycles. The van der Waals surface area contributed by atoms with Crippen molar-refractivity contribution in [3.05, 3.63) is 47.0 Å². The Morgan fingerprint density at radius 2 is 1.88 bits per heavy atom. The average molecular weight is 500 g/mol. The van der Waals surface area contributed by atoms with Gasteiger partial charge in [-0.15, -0.1) is 11.3 Å². The summed E-state index contributed by atoms with van der Waals surface area (Å²) in [5.74, 6) is -0.416. The van der Waals surface area contributed by atoms with Crippen molar-refractivity contribution in [1.29, 1.82) is 0 Å². The molecule has 1 aromatic heterocycles. The van der Waals surface area contributed by atoms with Crippen LogP contribution in [0.2, 0.25) is 5.02 Å². The van der Waals surface area contributed by atoms with Crippen molar-refractivity contribution in [1.82, 2.24) is 4.98 Å². The Bertz CT molecular complexity index is 1250. The van der Waals surface area contributed by atoms with Gasteiger partial charge in [-0.2, -0.15) is 0 Å². The number of amides is 3. The Balaban J connectivity index is 1.27. The van der Waals surface area contributed by atoms with E-state index in [2.05, 4.69) is 10.3 Å². The highest BCUT2D eigenvalue weighted by Gasteiger charge is 2.48. The summed E-state index contributed by atoms with van der Waals surface area (Å²) in [5, 5.41) is 3.45. The first-order valence-electron chi connectivity index (χ1n) is 10.9. The number of rotatable bonds is 5. The summed E-state index contributed by atoms with van der Waals surface area (Å²) in [7, 11) is 0.